The molecule has 7 heteroatoms. The minimum Gasteiger partial charge on any atom is -0.497 e. The van der Waals surface area contributed by atoms with Gasteiger partial charge in [0.2, 0.25) is 0 Å². The van der Waals surface area contributed by atoms with Gasteiger partial charge in [0.1, 0.15) is 12.3 Å². The van der Waals surface area contributed by atoms with Gasteiger partial charge in [-0.2, -0.15) is 0 Å². The van der Waals surface area contributed by atoms with Gasteiger partial charge in [-0.05, 0) is 37.5 Å². The second kappa shape index (κ2) is 11.7. The minimum atomic E-state index is 0. The standard InChI is InChI=1S/C18H26N4O2.HI/c1-4-15-12-17(24-22-15)13-21-18(19-5-2)20-11-10-14-6-8-16(23-3)9-7-14;/h6-9,12H,4-5,10-11,13H2,1-3H3,(H2,19,20,21);1H. The molecular formula is C18H27IN4O2. The normalized spacial score (nSPS) is 10.9. The van der Waals surface area contributed by atoms with Crippen LogP contribution in [0.2, 0.25) is 0 Å². The van der Waals surface area contributed by atoms with E-state index in [1.54, 1.807) is 7.11 Å². The molecular weight excluding hydrogens is 431 g/mol. The largest absolute Gasteiger partial charge is 0.497 e. The van der Waals surface area contributed by atoms with Gasteiger partial charge in [0.25, 0.3) is 0 Å². The number of nitrogens with one attached hydrogen (secondary N) is 2. The lowest BCUT2D eigenvalue weighted by Crippen LogP contribution is -2.38. The topological polar surface area (TPSA) is 71.7 Å². The number of benzene rings is 1. The number of nitrogens with zero attached hydrogens (tertiary/aromatic N) is 2. The van der Waals surface area contributed by atoms with Crippen molar-refractivity contribution in [2.45, 2.75) is 33.2 Å². The first kappa shape index (κ1) is 21.3. The second-order valence-corrected chi connectivity index (χ2v) is 5.36. The van der Waals surface area contributed by atoms with Crippen LogP contribution >= 0.6 is 24.0 Å². The maximum atomic E-state index is 5.26. The Morgan fingerprint density at radius 2 is 1.96 bits per heavy atom. The molecule has 25 heavy (non-hydrogen) atoms. The first-order chi connectivity index (χ1) is 11.7. The van der Waals surface area contributed by atoms with Crippen LogP contribution in [0.3, 0.4) is 0 Å². The smallest absolute Gasteiger partial charge is 0.191 e. The van der Waals surface area contributed by atoms with Gasteiger partial charge in [0.05, 0.1) is 12.8 Å². The van der Waals surface area contributed by atoms with E-state index in [0.29, 0.717) is 6.54 Å². The molecule has 1 heterocycles. The number of hydrogen-bond donors (Lipinski definition) is 2. The molecule has 1 aromatic carbocycles. The van der Waals surface area contributed by atoms with Crippen molar-refractivity contribution in [1.82, 2.24) is 15.8 Å². The van der Waals surface area contributed by atoms with Crippen molar-refractivity contribution in [3.63, 3.8) is 0 Å². The molecule has 0 saturated carbocycles. The van der Waals surface area contributed by atoms with Crippen molar-refractivity contribution < 1.29 is 9.26 Å². The highest BCUT2D eigenvalue weighted by molar-refractivity contribution is 14.0. The molecule has 2 aromatic rings. The predicted octanol–water partition coefficient (Wildman–Crippen LogP) is 3.16. The summed E-state index contributed by atoms with van der Waals surface area (Å²) in [5, 5.41) is 10.5. The van der Waals surface area contributed by atoms with Crippen LogP contribution in [0.25, 0.3) is 0 Å². The summed E-state index contributed by atoms with van der Waals surface area (Å²) in [5.41, 5.74) is 2.21. The number of rotatable bonds is 8. The summed E-state index contributed by atoms with van der Waals surface area (Å²) in [6.07, 6.45) is 1.78. The number of ether oxygens (including phenoxy) is 1. The van der Waals surface area contributed by atoms with E-state index in [-0.39, 0.29) is 24.0 Å². The van der Waals surface area contributed by atoms with E-state index in [2.05, 4.69) is 39.8 Å². The van der Waals surface area contributed by atoms with E-state index in [4.69, 9.17) is 9.26 Å². The number of halogens is 1. The summed E-state index contributed by atoms with van der Waals surface area (Å²) in [6.45, 7) is 6.19. The monoisotopic (exact) mass is 458 g/mol. The highest BCUT2D eigenvalue weighted by Crippen LogP contribution is 2.11. The van der Waals surface area contributed by atoms with Crippen LogP contribution in [0.15, 0.2) is 39.8 Å². The molecule has 0 fully saturated rings. The molecule has 0 spiro atoms. The number of methoxy groups -OCH3 is 1. The Morgan fingerprint density at radius 1 is 1.20 bits per heavy atom. The van der Waals surface area contributed by atoms with Gasteiger partial charge in [-0.1, -0.05) is 24.2 Å². The molecule has 138 valence electrons. The molecule has 0 aliphatic rings. The SMILES string of the molecule is CCNC(=NCc1cc(CC)no1)NCCc1ccc(OC)cc1.I. The number of aromatic nitrogens is 1. The molecule has 0 aliphatic heterocycles. The fourth-order valence-electron chi connectivity index (χ4n) is 2.21. The first-order valence-electron chi connectivity index (χ1n) is 8.34. The van der Waals surface area contributed by atoms with Gasteiger partial charge >= 0.3 is 0 Å². The van der Waals surface area contributed by atoms with E-state index >= 15 is 0 Å². The van der Waals surface area contributed by atoms with Crippen molar-refractivity contribution in [3.8, 4) is 5.75 Å². The van der Waals surface area contributed by atoms with Gasteiger partial charge in [0.15, 0.2) is 11.7 Å². The van der Waals surface area contributed by atoms with Crippen LogP contribution in [-0.4, -0.2) is 31.3 Å². The van der Waals surface area contributed by atoms with Crippen LogP contribution < -0.4 is 15.4 Å². The first-order valence-corrected chi connectivity index (χ1v) is 8.34. The Morgan fingerprint density at radius 3 is 2.56 bits per heavy atom. The average molecular weight is 458 g/mol. The molecule has 0 amide bonds. The quantitative estimate of drug-likeness (QED) is 0.361. The fraction of sp³-hybridized carbons (Fsp3) is 0.444. The number of hydrogen-bond acceptors (Lipinski definition) is 4. The molecule has 0 unspecified atom stereocenters. The third-order valence-corrected chi connectivity index (χ3v) is 3.57. The van der Waals surface area contributed by atoms with E-state index in [1.165, 1.54) is 5.56 Å². The third-order valence-electron chi connectivity index (χ3n) is 3.57. The Bertz CT molecular complexity index is 641. The lowest BCUT2D eigenvalue weighted by atomic mass is 10.1. The Balaban J connectivity index is 0.00000312. The lowest BCUT2D eigenvalue weighted by molar-refractivity contribution is 0.379. The van der Waals surface area contributed by atoms with Crippen molar-refractivity contribution in [2.75, 3.05) is 20.2 Å². The average Bonchev–Trinajstić information content (AvgIpc) is 3.08. The van der Waals surface area contributed by atoms with E-state index in [9.17, 15) is 0 Å². The van der Waals surface area contributed by atoms with E-state index in [1.807, 2.05) is 25.1 Å². The van der Waals surface area contributed by atoms with Crippen molar-refractivity contribution in [1.29, 1.82) is 0 Å². The second-order valence-electron chi connectivity index (χ2n) is 5.36. The summed E-state index contributed by atoms with van der Waals surface area (Å²) in [6, 6.07) is 10.1. The van der Waals surface area contributed by atoms with Crippen LogP contribution in [-0.2, 0) is 19.4 Å². The zero-order chi connectivity index (χ0) is 17.2. The Hall–Kier alpha value is -1.77. The summed E-state index contributed by atoms with van der Waals surface area (Å²) in [5.74, 6) is 2.43. The van der Waals surface area contributed by atoms with Gasteiger partial charge in [-0.15, -0.1) is 24.0 Å². The van der Waals surface area contributed by atoms with Crippen LogP contribution in [0, 0.1) is 0 Å². The zero-order valence-corrected chi connectivity index (χ0v) is 17.4. The minimum absolute atomic E-state index is 0. The molecule has 2 rings (SSSR count). The van der Waals surface area contributed by atoms with E-state index in [0.717, 1.165) is 49.1 Å². The van der Waals surface area contributed by atoms with Crippen molar-refractivity contribution in [3.05, 3.63) is 47.3 Å². The highest BCUT2D eigenvalue weighted by atomic mass is 127. The maximum Gasteiger partial charge on any atom is 0.191 e. The molecule has 0 atom stereocenters. The number of aryl methyl sites for hydroxylation is 1. The molecule has 0 bridgehead atoms. The summed E-state index contributed by atoms with van der Waals surface area (Å²) >= 11 is 0. The molecule has 0 radical (unpaired) electrons. The summed E-state index contributed by atoms with van der Waals surface area (Å²) in [4.78, 5) is 4.53. The van der Waals surface area contributed by atoms with Gasteiger partial charge in [0, 0.05) is 19.2 Å². The van der Waals surface area contributed by atoms with Crippen molar-refractivity contribution >= 4 is 29.9 Å². The number of guanidine groups is 1. The van der Waals surface area contributed by atoms with Gasteiger partial charge in [-0.25, -0.2) is 4.99 Å². The van der Waals surface area contributed by atoms with Crippen LogP contribution in [0.5, 0.6) is 5.75 Å². The molecule has 0 saturated heterocycles. The molecule has 6 nitrogen and oxygen atoms in total. The third kappa shape index (κ3) is 7.33. The molecule has 0 aliphatic carbocycles. The van der Waals surface area contributed by atoms with Gasteiger partial charge in [-0.3, -0.25) is 0 Å². The van der Waals surface area contributed by atoms with Crippen molar-refractivity contribution in [2.24, 2.45) is 4.99 Å². The van der Waals surface area contributed by atoms with Crippen LogP contribution in [0.1, 0.15) is 30.9 Å². The van der Waals surface area contributed by atoms with E-state index < -0.39 is 0 Å². The highest BCUT2D eigenvalue weighted by Gasteiger charge is 2.03. The fourth-order valence-corrected chi connectivity index (χ4v) is 2.21. The Labute approximate surface area is 166 Å². The van der Waals surface area contributed by atoms with Gasteiger partial charge < -0.3 is 19.9 Å². The summed E-state index contributed by atoms with van der Waals surface area (Å²) < 4.78 is 10.4. The molecule has 1 aromatic heterocycles. The summed E-state index contributed by atoms with van der Waals surface area (Å²) in [7, 11) is 1.67. The lowest BCUT2D eigenvalue weighted by Gasteiger charge is -2.11. The number of aliphatic imine (C=N–C) groups is 1. The zero-order valence-electron chi connectivity index (χ0n) is 15.0. The maximum absolute atomic E-state index is 5.26. The Kier molecular flexibility index (Phi) is 9.98. The molecule has 2 N–H and O–H groups in total. The predicted molar refractivity (Wildman–Crippen MR) is 111 cm³/mol. The van der Waals surface area contributed by atoms with Crippen LogP contribution in [0.4, 0.5) is 0 Å².